The number of carbonyl (C=O) groups is 2. The van der Waals surface area contributed by atoms with Crippen LogP contribution in [0.1, 0.15) is 31.6 Å². The van der Waals surface area contributed by atoms with Crippen LogP contribution in [0.15, 0.2) is 39.5 Å². The van der Waals surface area contributed by atoms with E-state index in [2.05, 4.69) is 15.5 Å². The van der Waals surface area contributed by atoms with E-state index >= 15 is 0 Å². The number of anilines is 1. The molecule has 3 heterocycles. The number of halogens is 2. The summed E-state index contributed by atoms with van der Waals surface area (Å²) in [5.74, 6) is 0.581. The maximum absolute atomic E-state index is 12.9. The fourth-order valence-corrected chi connectivity index (χ4v) is 4.46. The monoisotopic (exact) mass is 478 g/mol. The summed E-state index contributed by atoms with van der Waals surface area (Å²) in [6.07, 6.45) is 2.89. The number of aromatic nitrogens is 2. The van der Waals surface area contributed by atoms with Gasteiger partial charge in [0.15, 0.2) is 0 Å². The van der Waals surface area contributed by atoms with E-state index < -0.39 is 6.04 Å². The number of carbonyl (C=O) groups excluding carboxylic acids is 2. The van der Waals surface area contributed by atoms with Gasteiger partial charge in [-0.15, -0.1) is 0 Å². The lowest BCUT2D eigenvalue weighted by Gasteiger charge is -2.34. The first kappa shape index (κ1) is 21.8. The predicted octanol–water partition coefficient (Wildman–Crippen LogP) is 5.06. The Morgan fingerprint density at radius 3 is 2.87 bits per heavy atom. The maximum atomic E-state index is 12.9. The van der Waals surface area contributed by atoms with Crippen molar-refractivity contribution in [1.82, 2.24) is 15.0 Å². The molecule has 162 valence electrons. The van der Waals surface area contributed by atoms with Crippen LogP contribution in [-0.2, 0) is 16.0 Å². The van der Waals surface area contributed by atoms with Gasteiger partial charge in [0.2, 0.25) is 23.5 Å². The van der Waals surface area contributed by atoms with Gasteiger partial charge in [0.05, 0.1) is 10.0 Å². The highest BCUT2D eigenvalue weighted by molar-refractivity contribution is 7.08. The predicted molar refractivity (Wildman–Crippen MR) is 120 cm³/mol. The number of hydrogen-bond donors (Lipinski definition) is 1. The summed E-state index contributed by atoms with van der Waals surface area (Å²) in [6.45, 7) is 0.544. The van der Waals surface area contributed by atoms with Gasteiger partial charge < -0.3 is 14.7 Å². The number of piperidine rings is 1. The molecule has 1 aliphatic rings. The number of rotatable bonds is 6. The molecule has 31 heavy (non-hydrogen) atoms. The van der Waals surface area contributed by atoms with Gasteiger partial charge in [0, 0.05) is 36.0 Å². The van der Waals surface area contributed by atoms with E-state index in [1.54, 1.807) is 34.4 Å². The molecule has 0 saturated carbocycles. The van der Waals surface area contributed by atoms with Gasteiger partial charge in [0.1, 0.15) is 6.04 Å². The third-order valence-corrected chi connectivity index (χ3v) is 6.54. The average Bonchev–Trinajstić information content (AvgIpc) is 3.46. The van der Waals surface area contributed by atoms with Crippen LogP contribution in [0.5, 0.6) is 0 Å². The number of aryl methyl sites for hydroxylation is 1. The Labute approximate surface area is 193 Å². The van der Waals surface area contributed by atoms with Crippen LogP contribution in [0, 0.1) is 0 Å². The van der Waals surface area contributed by atoms with Crippen molar-refractivity contribution in [3.63, 3.8) is 0 Å². The molecule has 0 bridgehead atoms. The van der Waals surface area contributed by atoms with Crippen LogP contribution in [-0.4, -0.2) is 39.4 Å². The molecular weight excluding hydrogens is 459 g/mol. The van der Waals surface area contributed by atoms with Crippen LogP contribution in [0.4, 0.5) is 5.69 Å². The minimum atomic E-state index is -0.528. The zero-order chi connectivity index (χ0) is 21.8. The highest BCUT2D eigenvalue weighted by atomic mass is 35.5. The van der Waals surface area contributed by atoms with Crippen molar-refractivity contribution < 1.29 is 14.1 Å². The summed E-state index contributed by atoms with van der Waals surface area (Å²) in [7, 11) is 0. The molecule has 0 spiro atoms. The number of nitrogens with zero attached hydrogens (tertiary/aromatic N) is 3. The minimum Gasteiger partial charge on any atom is -0.339 e. The number of thiophene rings is 1. The molecule has 2 amide bonds. The molecule has 4 rings (SSSR count). The summed E-state index contributed by atoms with van der Waals surface area (Å²) in [5.41, 5.74) is 1.44. The molecule has 3 aromatic rings. The molecule has 1 aromatic carbocycles. The van der Waals surface area contributed by atoms with E-state index in [-0.39, 0.29) is 18.2 Å². The lowest BCUT2D eigenvalue weighted by Crippen LogP contribution is -2.50. The molecule has 0 radical (unpaired) electrons. The molecule has 1 N–H and O–H groups in total. The Balaban J connectivity index is 1.37. The Bertz CT molecular complexity index is 1070. The number of amides is 2. The summed E-state index contributed by atoms with van der Waals surface area (Å²) in [6, 6.07) is 6.28. The quantitative estimate of drug-likeness (QED) is 0.534. The molecule has 10 heteroatoms. The van der Waals surface area contributed by atoms with Gasteiger partial charge >= 0.3 is 0 Å². The van der Waals surface area contributed by atoms with E-state index in [1.165, 1.54) is 0 Å². The molecule has 1 saturated heterocycles. The summed E-state index contributed by atoms with van der Waals surface area (Å²) in [5, 5.41) is 11.5. The number of benzene rings is 1. The highest BCUT2D eigenvalue weighted by Gasteiger charge is 2.32. The van der Waals surface area contributed by atoms with Crippen molar-refractivity contribution in [2.75, 3.05) is 11.9 Å². The molecule has 7 nitrogen and oxygen atoms in total. The van der Waals surface area contributed by atoms with Crippen molar-refractivity contribution >= 4 is 52.0 Å². The SMILES string of the molecule is O=C(Nc1ccc(Cl)c(Cl)c1)[C@H]1CCCCN1C(=O)CCc1nc(-c2ccsc2)no1. The smallest absolute Gasteiger partial charge is 0.247 e. The zero-order valence-corrected chi connectivity index (χ0v) is 18.8. The van der Waals surface area contributed by atoms with Gasteiger partial charge in [-0.1, -0.05) is 28.4 Å². The lowest BCUT2D eigenvalue weighted by molar-refractivity contribution is -0.140. The molecular formula is C21H20Cl2N4O3S. The normalized spacial score (nSPS) is 16.3. The Morgan fingerprint density at radius 1 is 1.23 bits per heavy atom. The van der Waals surface area contributed by atoms with Crippen molar-refractivity contribution in [2.24, 2.45) is 0 Å². The maximum Gasteiger partial charge on any atom is 0.247 e. The van der Waals surface area contributed by atoms with E-state index in [0.29, 0.717) is 46.8 Å². The Hall–Kier alpha value is -2.42. The van der Waals surface area contributed by atoms with E-state index in [9.17, 15) is 9.59 Å². The molecule has 1 fully saturated rings. The van der Waals surface area contributed by atoms with Crippen molar-refractivity contribution in [2.45, 2.75) is 38.1 Å². The lowest BCUT2D eigenvalue weighted by atomic mass is 10.0. The van der Waals surface area contributed by atoms with Gasteiger partial charge in [-0.05, 0) is 48.9 Å². The number of hydrogen-bond acceptors (Lipinski definition) is 6. The molecule has 1 aliphatic heterocycles. The molecule has 0 aliphatic carbocycles. The van der Waals surface area contributed by atoms with E-state index in [0.717, 1.165) is 18.4 Å². The van der Waals surface area contributed by atoms with Gasteiger partial charge in [-0.25, -0.2) is 0 Å². The van der Waals surface area contributed by atoms with Gasteiger partial charge in [-0.2, -0.15) is 16.3 Å². The van der Waals surface area contributed by atoms with E-state index in [4.69, 9.17) is 27.7 Å². The summed E-state index contributed by atoms with van der Waals surface area (Å²) >= 11 is 13.5. The minimum absolute atomic E-state index is 0.107. The van der Waals surface area contributed by atoms with Gasteiger partial charge in [0.25, 0.3) is 0 Å². The van der Waals surface area contributed by atoms with Crippen LogP contribution >= 0.6 is 34.5 Å². The van der Waals surface area contributed by atoms with E-state index in [1.807, 2.05) is 16.8 Å². The third kappa shape index (κ3) is 5.26. The first-order valence-electron chi connectivity index (χ1n) is 9.92. The largest absolute Gasteiger partial charge is 0.339 e. The Kier molecular flexibility index (Phi) is 6.89. The summed E-state index contributed by atoms with van der Waals surface area (Å²) in [4.78, 5) is 31.8. The third-order valence-electron chi connectivity index (χ3n) is 5.11. The standard InChI is InChI=1S/C21H20Cl2N4O3S/c22-15-5-4-14(11-16(15)23)24-21(29)17-3-1-2-9-27(17)19(28)7-6-18-25-20(26-30-18)13-8-10-31-12-13/h4-5,8,10-12,17H,1-3,6-7,9H2,(H,24,29)/t17-/m1/s1. The second kappa shape index (κ2) is 9.80. The number of nitrogens with one attached hydrogen (secondary N) is 1. The topological polar surface area (TPSA) is 88.3 Å². The van der Waals surface area contributed by atoms with Crippen LogP contribution in [0.25, 0.3) is 11.4 Å². The fraction of sp³-hybridized carbons (Fsp3) is 0.333. The van der Waals surface area contributed by atoms with Gasteiger partial charge in [-0.3, -0.25) is 9.59 Å². The fourth-order valence-electron chi connectivity index (χ4n) is 3.52. The summed E-state index contributed by atoms with van der Waals surface area (Å²) < 4.78 is 5.27. The molecule has 0 unspecified atom stereocenters. The van der Waals surface area contributed by atoms with Crippen LogP contribution < -0.4 is 5.32 Å². The first-order chi connectivity index (χ1) is 15.0. The Morgan fingerprint density at radius 2 is 2.10 bits per heavy atom. The van der Waals surface area contributed by atoms with Crippen LogP contribution in [0.3, 0.4) is 0 Å². The second-order valence-corrected chi connectivity index (χ2v) is 8.84. The van der Waals surface area contributed by atoms with Crippen molar-refractivity contribution in [3.05, 3.63) is 51.0 Å². The van der Waals surface area contributed by atoms with Crippen LogP contribution in [0.2, 0.25) is 10.0 Å². The zero-order valence-electron chi connectivity index (χ0n) is 16.5. The molecule has 1 atom stereocenters. The second-order valence-electron chi connectivity index (χ2n) is 7.24. The highest BCUT2D eigenvalue weighted by Crippen LogP contribution is 2.26. The molecule has 2 aromatic heterocycles. The first-order valence-corrected chi connectivity index (χ1v) is 11.6. The average molecular weight is 479 g/mol. The van der Waals surface area contributed by atoms with Crippen molar-refractivity contribution in [1.29, 1.82) is 0 Å². The van der Waals surface area contributed by atoms with Crippen molar-refractivity contribution in [3.8, 4) is 11.4 Å². The number of likely N-dealkylation sites (tertiary alicyclic amines) is 1.